The van der Waals surface area contributed by atoms with Crippen molar-refractivity contribution >= 4 is 21.6 Å². The number of esters is 1. The Morgan fingerprint density at radius 1 is 1.53 bits per heavy atom. The fraction of sp³-hybridized carbons (Fsp3) is 0.800. The van der Waals surface area contributed by atoms with Crippen LogP contribution in [0.4, 0.5) is 0 Å². The minimum Gasteiger partial charge on any atom is -0.466 e. The minimum absolute atomic E-state index is 0.100. The highest BCUT2D eigenvalue weighted by atomic mass is 32.2. The van der Waals surface area contributed by atoms with Crippen LogP contribution in [-0.4, -0.2) is 35.0 Å². The van der Waals surface area contributed by atoms with Crippen LogP contribution in [0.25, 0.3) is 0 Å². The zero-order valence-electron chi connectivity index (χ0n) is 9.23. The van der Waals surface area contributed by atoms with Crippen LogP contribution in [-0.2, 0) is 23.5 Å². The van der Waals surface area contributed by atoms with E-state index in [0.29, 0.717) is 13.0 Å². The summed E-state index contributed by atoms with van der Waals surface area (Å²) in [6.45, 7) is 2.19. The van der Waals surface area contributed by atoms with Crippen molar-refractivity contribution in [3.8, 4) is 0 Å². The van der Waals surface area contributed by atoms with Gasteiger partial charge in [0, 0.05) is 6.26 Å². The Morgan fingerprint density at radius 3 is 2.73 bits per heavy atom. The summed E-state index contributed by atoms with van der Waals surface area (Å²) >= 11 is 0. The number of hydrogen-bond donors (Lipinski definition) is 0. The summed E-state index contributed by atoms with van der Waals surface area (Å²) in [6, 6.07) is 0. The summed E-state index contributed by atoms with van der Waals surface area (Å²) in [7, 11) is -2.42. The van der Waals surface area contributed by atoms with Crippen molar-refractivity contribution in [3.05, 3.63) is 0 Å². The van der Waals surface area contributed by atoms with Crippen LogP contribution >= 0.6 is 0 Å². The highest BCUT2D eigenvalue weighted by molar-refractivity contribution is 7.95. The fourth-order valence-corrected chi connectivity index (χ4v) is 2.54. The number of carbonyl (C=O) groups is 1. The molecular formula is C10H18O4S. The van der Waals surface area contributed by atoms with Crippen molar-refractivity contribution in [3.63, 3.8) is 0 Å². The largest absolute Gasteiger partial charge is 0.466 e. The molecule has 15 heavy (non-hydrogen) atoms. The molecule has 4 nitrogen and oxygen atoms in total. The summed E-state index contributed by atoms with van der Waals surface area (Å²) in [6.07, 6.45) is 3.45. The molecule has 5 heteroatoms. The molecule has 1 aliphatic carbocycles. The highest BCUT2D eigenvalue weighted by Crippen LogP contribution is 2.29. The fourth-order valence-electron chi connectivity index (χ4n) is 1.79. The van der Waals surface area contributed by atoms with Gasteiger partial charge in [0.1, 0.15) is 0 Å². The number of hydrogen-bond acceptors (Lipinski definition) is 4. The molecule has 0 aromatic carbocycles. The molecule has 0 aromatic heterocycles. The maximum Gasteiger partial charge on any atom is 0.309 e. The van der Waals surface area contributed by atoms with E-state index in [0.717, 1.165) is 12.8 Å². The topological polar surface area (TPSA) is 52.6 Å². The van der Waals surface area contributed by atoms with E-state index in [1.54, 1.807) is 6.92 Å². The number of ether oxygens (including phenoxy) is 1. The molecule has 88 valence electrons. The quantitative estimate of drug-likeness (QED) is 0.538. The first-order chi connectivity index (χ1) is 6.92. The van der Waals surface area contributed by atoms with Gasteiger partial charge in [0.05, 0.1) is 28.4 Å². The van der Waals surface area contributed by atoms with Crippen molar-refractivity contribution in [1.29, 1.82) is 0 Å². The van der Waals surface area contributed by atoms with E-state index in [2.05, 4.69) is 5.87 Å². The molecule has 0 spiro atoms. The van der Waals surface area contributed by atoms with Gasteiger partial charge in [0.15, 0.2) is 0 Å². The Labute approximate surface area is 91.2 Å². The lowest BCUT2D eigenvalue weighted by Gasteiger charge is -2.12. The maximum absolute atomic E-state index is 11.4. The van der Waals surface area contributed by atoms with Crippen molar-refractivity contribution in [1.82, 2.24) is 0 Å². The van der Waals surface area contributed by atoms with Crippen LogP contribution in [0, 0.1) is 5.92 Å². The zero-order valence-corrected chi connectivity index (χ0v) is 10.0. The molecule has 0 saturated heterocycles. The smallest absolute Gasteiger partial charge is 0.309 e. The van der Waals surface area contributed by atoms with Crippen molar-refractivity contribution in [2.24, 2.45) is 5.92 Å². The van der Waals surface area contributed by atoms with Crippen LogP contribution in [0.3, 0.4) is 0 Å². The standard InChI is InChI=1S/C10H18O4S/c1-4-13-10(11)8-5-6-9(7-8)14-15(2,3)12/h8-9H,2,4-7H2,1,3H3. The Morgan fingerprint density at radius 2 is 2.20 bits per heavy atom. The Bertz CT molecular complexity index is 320. The molecule has 0 bridgehead atoms. The van der Waals surface area contributed by atoms with Crippen molar-refractivity contribution in [2.45, 2.75) is 32.3 Å². The predicted octanol–water partition coefficient (Wildman–Crippen LogP) is 0.996. The molecule has 1 fully saturated rings. The van der Waals surface area contributed by atoms with Gasteiger partial charge >= 0.3 is 5.97 Å². The first-order valence-corrected chi connectivity index (χ1v) is 7.15. The van der Waals surface area contributed by atoms with Gasteiger partial charge < -0.3 is 4.74 Å². The first kappa shape index (κ1) is 12.5. The molecular weight excluding hydrogens is 216 g/mol. The molecule has 1 rings (SSSR count). The lowest BCUT2D eigenvalue weighted by molar-refractivity contribution is -0.147. The molecule has 3 unspecified atom stereocenters. The Kier molecular flexibility index (Phi) is 4.16. The second-order valence-electron chi connectivity index (χ2n) is 3.91. The second kappa shape index (κ2) is 4.99. The van der Waals surface area contributed by atoms with Gasteiger partial charge in [-0.3, -0.25) is 8.98 Å². The monoisotopic (exact) mass is 234 g/mol. The van der Waals surface area contributed by atoms with Crippen LogP contribution in [0.5, 0.6) is 0 Å². The lowest BCUT2D eigenvalue weighted by atomic mass is 10.1. The molecule has 1 saturated carbocycles. The third-order valence-corrected chi connectivity index (χ3v) is 3.02. The van der Waals surface area contributed by atoms with Crippen LogP contribution < -0.4 is 0 Å². The Balaban J connectivity index is 2.42. The maximum atomic E-state index is 11.4. The van der Waals surface area contributed by atoms with E-state index >= 15 is 0 Å². The van der Waals surface area contributed by atoms with E-state index < -0.39 is 9.80 Å². The molecule has 0 N–H and O–H groups in total. The second-order valence-corrected chi connectivity index (χ2v) is 5.95. The van der Waals surface area contributed by atoms with Crippen molar-refractivity contribution in [2.75, 3.05) is 12.9 Å². The molecule has 0 radical (unpaired) electrons. The number of carbonyl (C=O) groups excluding carboxylic acids is 1. The summed E-state index contributed by atoms with van der Waals surface area (Å²) in [5.41, 5.74) is 0. The van der Waals surface area contributed by atoms with Crippen LogP contribution in [0.15, 0.2) is 0 Å². The normalized spacial score (nSPS) is 29.7. The molecule has 0 amide bonds. The molecule has 1 aliphatic rings. The van der Waals surface area contributed by atoms with Gasteiger partial charge in [-0.2, -0.15) is 0 Å². The summed E-state index contributed by atoms with van der Waals surface area (Å²) < 4.78 is 21.5. The third-order valence-electron chi connectivity index (χ3n) is 2.34. The van der Waals surface area contributed by atoms with E-state index in [1.807, 2.05) is 0 Å². The Hall–Kier alpha value is -0.550. The van der Waals surface area contributed by atoms with Gasteiger partial charge in [0.25, 0.3) is 0 Å². The van der Waals surface area contributed by atoms with E-state index in [4.69, 9.17) is 8.92 Å². The van der Waals surface area contributed by atoms with Crippen LogP contribution in [0.1, 0.15) is 26.2 Å². The molecule has 0 aromatic rings. The van der Waals surface area contributed by atoms with Gasteiger partial charge in [-0.1, -0.05) is 0 Å². The molecule has 3 atom stereocenters. The van der Waals surface area contributed by atoms with Gasteiger partial charge in [-0.25, -0.2) is 4.21 Å². The summed E-state index contributed by atoms with van der Waals surface area (Å²) in [4.78, 5) is 11.4. The SMILES string of the molecule is C=S(C)(=O)OC1CCC(C(=O)OCC)C1. The predicted molar refractivity (Wildman–Crippen MR) is 60.0 cm³/mol. The third kappa shape index (κ3) is 4.22. The zero-order chi connectivity index (χ0) is 11.5. The number of rotatable bonds is 4. The van der Waals surface area contributed by atoms with Crippen LogP contribution in [0.2, 0.25) is 0 Å². The molecule has 0 aliphatic heterocycles. The average Bonchev–Trinajstić information content (AvgIpc) is 2.50. The summed E-state index contributed by atoms with van der Waals surface area (Å²) in [5.74, 6) is 3.16. The van der Waals surface area contributed by atoms with E-state index in [1.165, 1.54) is 6.26 Å². The van der Waals surface area contributed by atoms with Crippen molar-refractivity contribution < 1.29 is 17.9 Å². The minimum atomic E-state index is -2.42. The highest BCUT2D eigenvalue weighted by Gasteiger charge is 2.32. The van der Waals surface area contributed by atoms with Gasteiger partial charge in [0.2, 0.25) is 0 Å². The summed E-state index contributed by atoms with van der Waals surface area (Å²) in [5, 5.41) is 0. The lowest BCUT2D eigenvalue weighted by Crippen LogP contribution is -2.18. The molecule has 0 heterocycles. The average molecular weight is 234 g/mol. The van der Waals surface area contributed by atoms with Gasteiger partial charge in [-0.15, -0.1) is 0 Å². The van der Waals surface area contributed by atoms with Gasteiger partial charge in [-0.05, 0) is 32.1 Å². The first-order valence-electron chi connectivity index (χ1n) is 5.09. The van der Waals surface area contributed by atoms with E-state index in [-0.39, 0.29) is 18.0 Å². The van der Waals surface area contributed by atoms with E-state index in [9.17, 15) is 9.00 Å².